The monoisotopic (exact) mass is 140 g/mol. The van der Waals surface area contributed by atoms with Crippen LogP contribution in [0.1, 0.15) is 13.8 Å². The average Bonchev–Trinajstić information content (AvgIpc) is 1.85. The van der Waals surface area contributed by atoms with E-state index in [9.17, 15) is 0 Å². The van der Waals surface area contributed by atoms with Crippen LogP contribution in [0.2, 0.25) is 0 Å². The number of hydrogen-bond acceptors (Lipinski definition) is 0. The molecular formula is C8H13P. The average molecular weight is 140 g/mol. The summed E-state index contributed by atoms with van der Waals surface area (Å²) < 4.78 is 0. The van der Waals surface area contributed by atoms with Crippen molar-refractivity contribution >= 4 is 9.24 Å². The Bertz CT molecular complexity index is 141. The fourth-order valence-electron chi connectivity index (χ4n) is 0.526. The van der Waals surface area contributed by atoms with E-state index < -0.39 is 0 Å². The summed E-state index contributed by atoms with van der Waals surface area (Å²) in [6.45, 7) is 4.09. The summed E-state index contributed by atoms with van der Waals surface area (Å²) in [7, 11) is 2.53. The Morgan fingerprint density at radius 1 is 1.44 bits per heavy atom. The summed E-state index contributed by atoms with van der Waals surface area (Å²) in [6, 6.07) is 0. The molecule has 0 spiro atoms. The van der Waals surface area contributed by atoms with E-state index in [1.54, 1.807) is 0 Å². The van der Waals surface area contributed by atoms with Crippen molar-refractivity contribution in [1.82, 2.24) is 0 Å². The molecule has 0 amide bonds. The first-order chi connectivity index (χ1) is 4.31. The van der Waals surface area contributed by atoms with Gasteiger partial charge in [-0.05, 0) is 13.8 Å². The van der Waals surface area contributed by atoms with Gasteiger partial charge in [-0.25, -0.2) is 0 Å². The molecule has 0 radical (unpaired) electrons. The van der Waals surface area contributed by atoms with E-state index in [1.807, 2.05) is 24.9 Å². The van der Waals surface area contributed by atoms with Crippen molar-refractivity contribution in [3.63, 3.8) is 0 Å². The Hall–Kier alpha value is -0.350. The van der Waals surface area contributed by atoms with Crippen molar-refractivity contribution in [2.45, 2.75) is 13.8 Å². The topological polar surface area (TPSA) is 0 Å². The van der Waals surface area contributed by atoms with Crippen LogP contribution in [0.25, 0.3) is 0 Å². The summed E-state index contributed by atoms with van der Waals surface area (Å²) in [6.07, 6.45) is 8.17. The molecule has 1 heteroatoms. The van der Waals surface area contributed by atoms with Crippen LogP contribution in [-0.4, -0.2) is 0 Å². The first-order valence-corrected chi connectivity index (χ1v) is 3.65. The predicted molar refractivity (Wildman–Crippen MR) is 47.4 cm³/mol. The molecule has 1 atom stereocenters. The lowest BCUT2D eigenvalue weighted by Crippen LogP contribution is -1.62. The van der Waals surface area contributed by atoms with Crippen molar-refractivity contribution in [1.29, 1.82) is 0 Å². The van der Waals surface area contributed by atoms with Crippen LogP contribution in [0, 0.1) is 0 Å². The van der Waals surface area contributed by atoms with Gasteiger partial charge in [-0.3, -0.25) is 0 Å². The Morgan fingerprint density at radius 3 is 2.56 bits per heavy atom. The molecule has 0 aliphatic rings. The molecule has 0 fully saturated rings. The summed E-state index contributed by atoms with van der Waals surface area (Å²) in [5.74, 6) is 1.94. The molecule has 0 aliphatic carbocycles. The lowest BCUT2D eigenvalue weighted by molar-refractivity contribution is 1.50. The zero-order valence-electron chi connectivity index (χ0n) is 5.96. The second-order valence-corrected chi connectivity index (χ2v) is 2.18. The smallest absolute Gasteiger partial charge is 0.0398 e. The first-order valence-electron chi connectivity index (χ1n) is 2.99. The van der Waals surface area contributed by atoms with Gasteiger partial charge in [0.05, 0.1) is 0 Å². The second-order valence-electron chi connectivity index (χ2n) is 1.80. The molecule has 0 heterocycles. The van der Waals surface area contributed by atoms with Crippen molar-refractivity contribution in [3.8, 4) is 0 Å². The van der Waals surface area contributed by atoms with E-state index in [2.05, 4.69) is 28.3 Å². The van der Waals surface area contributed by atoms with Crippen LogP contribution in [0.4, 0.5) is 0 Å². The minimum Gasteiger partial charge on any atom is -0.114 e. The van der Waals surface area contributed by atoms with Crippen LogP contribution >= 0.6 is 9.24 Å². The fraction of sp³-hybridized carbons (Fsp3) is 0.250. The number of hydrogen-bond donors (Lipinski definition) is 0. The zero-order valence-corrected chi connectivity index (χ0v) is 7.12. The van der Waals surface area contributed by atoms with Crippen LogP contribution in [0.5, 0.6) is 0 Å². The highest BCUT2D eigenvalue weighted by molar-refractivity contribution is 7.20. The molecule has 0 bridgehead atoms. The van der Waals surface area contributed by atoms with Gasteiger partial charge in [-0.15, -0.1) is 9.24 Å². The fourth-order valence-corrected chi connectivity index (χ4v) is 0.637. The summed E-state index contributed by atoms with van der Waals surface area (Å²) in [5.41, 5.74) is 1.27. The van der Waals surface area contributed by atoms with E-state index >= 15 is 0 Å². The minimum atomic E-state index is 1.27. The molecule has 0 aromatic heterocycles. The van der Waals surface area contributed by atoms with E-state index in [1.165, 1.54) is 5.57 Å². The Labute approximate surface area is 59.6 Å². The van der Waals surface area contributed by atoms with Gasteiger partial charge in [0.1, 0.15) is 0 Å². The van der Waals surface area contributed by atoms with Crippen molar-refractivity contribution in [2.75, 3.05) is 0 Å². The lowest BCUT2D eigenvalue weighted by Gasteiger charge is -1.83. The molecule has 0 rings (SSSR count). The van der Waals surface area contributed by atoms with E-state index in [0.29, 0.717) is 0 Å². The van der Waals surface area contributed by atoms with Crippen molar-refractivity contribution in [2.24, 2.45) is 0 Å². The maximum atomic E-state index is 2.53. The molecule has 0 saturated heterocycles. The van der Waals surface area contributed by atoms with Crippen molar-refractivity contribution in [3.05, 3.63) is 35.7 Å². The maximum absolute atomic E-state index is 2.53. The van der Waals surface area contributed by atoms with Gasteiger partial charge in [0.15, 0.2) is 0 Å². The standard InChI is InChI=1S/C8H13P/c1-3-5-8(2)6-4-7-9/h3-7H,9H2,1-2H3/b5-3-,7-4+,8-6-. The lowest BCUT2D eigenvalue weighted by atomic mass is 10.2. The van der Waals surface area contributed by atoms with Gasteiger partial charge < -0.3 is 0 Å². The molecule has 0 aromatic carbocycles. The van der Waals surface area contributed by atoms with Gasteiger partial charge in [-0.2, -0.15) is 0 Å². The molecule has 0 aromatic rings. The SMILES string of the molecule is C\C=C/C(C)=C\C=C\P. The quantitative estimate of drug-likeness (QED) is 0.408. The summed E-state index contributed by atoms with van der Waals surface area (Å²) in [5, 5.41) is 0. The van der Waals surface area contributed by atoms with E-state index in [-0.39, 0.29) is 0 Å². The molecule has 0 aliphatic heterocycles. The molecule has 1 unspecified atom stereocenters. The highest BCUT2D eigenvalue weighted by atomic mass is 31.0. The normalized spacial score (nSPS) is 13.9. The third-order valence-corrected chi connectivity index (χ3v) is 1.12. The molecule has 0 saturated carbocycles. The van der Waals surface area contributed by atoms with E-state index in [0.717, 1.165) is 0 Å². The molecular weight excluding hydrogens is 127 g/mol. The van der Waals surface area contributed by atoms with Crippen LogP contribution in [-0.2, 0) is 0 Å². The highest BCUT2D eigenvalue weighted by Gasteiger charge is 1.72. The van der Waals surface area contributed by atoms with Gasteiger partial charge in [0.2, 0.25) is 0 Å². The zero-order chi connectivity index (χ0) is 7.11. The molecule has 9 heavy (non-hydrogen) atoms. The number of allylic oxidation sites excluding steroid dienone is 5. The predicted octanol–water partition coefficient (Wildman–Crippen LogP) is 2.90. The summed E-state index contributed by atoms with van der Waals surface area (Å²) >= 11 is 0. The van der Waals surface area contributed by atoms with Crippen LogP contribution in [0.3, 0.4) is 0 Å². The Balaban J connectivity index is 3.84. The van der Waals surface area contributed by atoms with Crippen molar-refractivity contribution < 1.29 is 0 Å². The van der Waals surface area contributed by atoms with Crippen LogP contribution in [0.15, 0.2) is 35.7 Å². The van der Waals surface area contributed by atoms with Gasteiger partial charge in [0.25, 0.3) is 0 Å². The van der Waals surface area contributed by atoms with Gasteiger partial charge in [0, 0.05) is 0 Å². The molecule has 50 valence electrons. The molecule has 0 N–H and O–H groups in total. The number of rotatable bonds is 2. The largest absolute Gasteiger partial charge is 0.114 e. The Morgan fingerprint density at radius 2 is 2.11 bits per heavy atom. The first kappa shape index (κ1) is 8.65. The highest BCUT2D eigenvalue weighted by Crippen LogP contribution is 1.95. The summed E-state index contributed by atoms with van der Waals surface area (Å²) in [4.78, 5) is 0. The Kier molecular flexibility index (Phi) is 5.56. The van der Waals surface area contributed by atoms with Crippen LogP contribution < -0.4 is 0 Å². The maximum Gasteiger partial charge on any atom is -0.0398 e. The van der Waals surface area contributed by atoms with E-state index in [4.69, 9.17) is 0 Å². The van der Waals surface area contributed by atoms with Gasteiger partial charge in [-0.1, -0.05) is 35.7 Å². The molecule has 0 nitrogen and oxygen atoms in total. The third kappa shape index (κ3) is 5.52. The second kappa shape index (κ2) is 5.78. The minimum absolute atomic E-state index is 1.27. The third-order valence-electron chi connectivity index (χ3n) is 0.900. The van der Waals surface area contributed by atoms with Gasteiger partial charge >= 0.3 is 0 Å².